The minimum Gasteiger partial charge on any atom is -0.371 e. The van der Waals surface area contributed by atoms with Crippen molar-refractivity contribution in [3.05, 3.63) is 77.9 Å². The quantitative estimate of drug-likeness (QED) is 0.779. The third-order valence-corrected chi connectivity index (χ3v) is 4.14. The van der Waals surface area contributed by atoms with Gasteiger partial charge in [0.1, 0.15) is 0 Å². The molecule has 0 unspecified atom stereocenters. The monoisotopic (exact) mass is 277 g/mol. The van der Waals surface area contributed by atoms with Gasteiger partial charge < -0.3 is 4.90 Å². The van der Waals surface area contributed by atoms with Gasteiger partial charge in [0.15, 0.2) is 0 Å². The molecule has 2 aromatic carbocycles. The van der Waals surface area contributed by atoms with Crippen LogP contribution in [0.3, 0.4) is 0 Å². The largest absolute Gasteiger partial charge is 0.371 e. The number of benzene rings is 2. The minimum atomic E-state index is 1.00. The van der Waals surface area contributed by atoms with E-state index in [0.29, 0.717) is 0 Å². The van der Waals surface area contributed by atoms with E-state index in [0.717, 1.165) is 6.42 Å². The molecule has 21 heavy (non-hydrogen) atoms. The Bertz CT molecular complexity index is 565. The van der Waals surface area contributed by atoms with Crippen molar-refractivity contribution in [1.29, 1.82) is 0 Å². The summed E-state index contributed by atoms with van der Waals surface area (Å²) in [6.45, 7) is 2.38. The number of allylic oxidation sites excluding steroid dienone is 1. The van der Waals surface area contributed by atoms with Crippen LogP contribution in [0, 0.1) is 0 Å². The van der Waals surface area contributed by atoms with Crippen LogP contribution in [0.1, 0.15) is 30.4 Å². The Labute approximate surface area is 127 Å². The fourth-order valence-electron chi connectivity index (χ4n) is 3.00. The predicted molar refractivity (Wildman–Crippen MR) is 90.0 cm³/mol. The Balaban J connectivity index is 1.84. The van der Waals surface area contributed by atoms with Crippen LogP contribution < -0.4 is 0 Å². The van der Waals surface area contributed by atoms with Crippen LogP contribution in [0.2, 0.25) is 0 Å². The van der Waals surface area contributed by atoms with Crippen molar-refractivity contribution in [1.82, 2.24) is 4.90 Å². The van der Waals surface area contributed by atoms with Crippen LogP contribution in [-0.2, 0) is 6.42 Å². The normalized spacial score (nSPS) is 16.0. The predicted octanol–water partition coefficient (Wildman–Crippen LogP) is 4.76. The summed E-state index contributed by atoms with van der Waals surface area (Å²) in [6, 6.07) is 21.5. The van der Waals surface area contributed by atoms with Crippen molar-refractivity contribution >= 4 is 5.70 Å². The van der Waals surface area contributed by atoms with E-state index < -0.39 is 0 Å². The van der Waals surface area contributed by atoms with Gasteiger partial charge in [-0.05, 0) is 36.8 Å². The van der Waals surface area contributed by atoms with Crippen molar-refractivity contribution in [2.75, 3.05) is 13.1 Å². The Morgan fingerprint density at radius 1 is 0.810 bits per heavy atom. The molecule has 3 rings (SSSR count). The van der Waals surface area contributed by atoms with E-state index in [9.17, 15) is 0 Å². The summed E-state index contributed by atoms with van der Waals surface area (Å²) in [7, 11) is 0. The summed E-state index contributed by atoms with van der Waals surface area (Å²) in [5, 5.41) is 0. The first-order valence-corrected chi connectivity index (χ1v) is 7.98. The summed E-state index contributed by atoms with van der Waals surface area (Å²) in [4.78, 5) is 2.56. The summed E-state index contributed by atoms with van der Waals surface area (Å²) < 4.78 is 0. The minimum absolute atomic E-state index is 1.00. The van der Waals surface area contributed by atoms with Gasteiger partial charge in [-0.15, -0.1) is 0 Å². The second-order valence-electron chi connectivity index (χ2n) is 5.69. The lowest BCUT2D eigenvalue weighted by molar-refractivity contribution is 0.325. The van der Waals surface area contributed by atoms with Gasteiger partial charge >= 0.3 is 0 Å². The fraction of sp³-hybridized carbons (Fsp3) is 0.300. The second-order valence-corrected chi connectivity index (χ2v) is 5.69. The van der Waals surface area contributed by atoms with Gasteiger partial charge in [-0.1, -0.05) is 66.7 Å². The number of likely N-dealkylation sites (tertiary alicyclic amines) is 1. The fourth-order valence-corrected chi connectivity index (χ4v) is 3.00. The molecule has 1 heteroatoms. The molecule has 1 saturated heterocycles. The van der Waals surface area contributed by atoms with Gasteiger partial charge in [-0.2, -0.15) is 0 Å². The highest BCUT2D eigenvalue weighted by Gasteiger charge is 2.14. The highest BCUT2D eigenvalue weighted by atomic mass is 15.1. The van der Waals surface area contributed by atoms with Crippen molar-refractivity contribution in [2.24, 2.45) is 0 Å². The Kier molecular flexibility index (Phi) is 4.73. The van der Waals surface area contributed by atoms with Gasteiger partial charge in [-0.25, -0.2) is 0 Å². The van der Waals surface area contributed by atoms with E-state index in [1.54, 1.807) is 0 Å². The van der Waals surface area contributed by atoms with E-state index in [1.165, 1.54) is 49.2 Å². The molecule has 0 bridgehead atoms. The summed E-state index contributed by atoms with van der Waals surface area (Å²) in [5.74, 6) is 0. The van der Waals surface area contributed by atoms with E-state index in [2.05, 4.69) is 71.6 Å². The lowest BCUT2D eigenvalue weighted by atomic mass is 10.0. The topological polar surface area (TPSA) is 3.24 Å². The van der Waals surface area contributed by atoms with Crippen molar-refractivity contribution in [3.8, 4) is 0 Å². The van der Waals surface area contributed by atoms with E-state index >= 15 is 0 Å². The second kappa shape index (κ2) is 7.12. The molecule has 0 atom stereocenters. The summed E-state index contributed by atoms with van der Waals surface area (Å²) in [6.07, 6.45) is 7.40. The number of piperidine rings is 1. The maximum absolute atomic E-state index is 2.56. The number of rotatable bonds is 4. The Morgan fingerprint density at radius 2 is 1.43 bits per heavy atom. The molecule has 0 amide bonds. The van der Waals surface area contributed by atoms with Gasteiger partial charge in [0.2, 0.25) is 0 Å². The molecular formula is C20H23N. The van der Waals surface area contributed by atoms with Gasteiger partial charge in [0.25, 0.3) is 0 Å². The zero-order valence-electron chi connectivity index (χ0n) is 12.5. The molecule has 0 spiro atoms. The standard InChI is InChI=1S/C20H23N/c1-4-10-18(11-5-1)14-15-20(19-12-6-2-7-13-19)21-16-8-3-9-17-21/h1-2,4-7,10-13,15H,3,8-9,14,16-17H2/b20-15+. The molecule has 1 fully saturated rings. The molecular weight excluding hydrogens is 254 g/mol. The molecule has 0 radical (unpaired) electrons. The van der Waals surface area contributed by atoms with Crippen LogP contribution in [0.25, 0.3) is 5.70 Å². The molecule has 1 aliphatic rings. The molecule has 2 aromatic rings. The average molecular weight is 277 g/mol. The molecule has 1 aliphatic heterocycles. The van der Waals surface area contributed by atoms with Crippen LogP contribution >= 0.6 is 0 Å². The number of hydrogen-bond acceptors (Lipinski definition) is 1. The maximum Gasteiger partial charge on any atom is 0.0402 e. The van der Waals surface area contributed by atoms with Crippen LogP contribution in [-0.4, -0.2) is 18.0 Å². The molecule has 108 valence electrons. The molecule has 1 heterocycles. The van der Waals surface area contributed by atoms with Crippen molar-refractivity contribution < 1.29 is 0 Å². The number of hydrogen-bond donors (Lipinski definition) is 0. The van der Waals surface area contributed by atoms with Gasteiger partial charge in [-0.3, -0.25) is 0 Å². The maximum atomic E-state index is 2.56. The first-order chi connectivity index (χ1) is 10.4. The first kappa shape index (κ1) is 13.9. The summed E-state index contributed by atoms with van der Waals surface area (Å²) in [5.41, 5.74) is 4.12. The molecule has 0 saturated carbocycles. The lowest BCUT2D eigenvalue weighted by Gasteiger charge is -2.31. The van der Waals surface area contributed by atoms with E-state index in [-0.39, 0.29) is 0 Å². The molecule has 0 aromatic heterocycles. The van der Waals surface area contributed by atoms with Gasteiger partial charge in [0, 0.05) is 18.8 Å². The van der Waals surface area contributed by atoms with Crippen molar-refractivity contribution in [2.45, 2.75) is 25.7 Å². The van der Waals surface area contributed by atoms with E-state index in [1.807, 2.05) is 0 Å². The average Bonchev–Trinajstić information content (AvgIpc) is 2.58. The zero-order chi connectivity index (χ0) is 14.3. The number of nitrogens with zero attached hydrogens (tertiary/aromatic N) is 1. The lowest BCUT2D eigenvalue weighted by Crippen LogP contribution is -2.28. The van der Waals surface area contributed by atoms with Crippen molar-refractivity contribution in [3.63, 3.8) is 0 Å². The van der Waals surface area contributed by atoms with Crippen LogP contribution in [0.4, 0.5) is 0 Å². The highest BCUT2D eigenvalue weighted by molar-refractivity contribution is 5.64. The van der Waals surface area contributed by atoms with Crippen LogP contribution in [0.15, 0.2) is 66.7 Å². The van der Waals surface area contributed by atoms with Crippen LogP contribution in [0.5, 0.6) is 0 Å². The van der Waals surface area contributed by atoms with Gasteiger partial charge in [0.05, 0.1) is 0 Å². The molecule has 0 N–H and O–H groups in total. The molecule has 1 nitrogen and oxygen atoms in total. The third-order valence-electron chi connectivity index (χ3n) is 4.14. The third kappa shape index (κ3) is 3.75. The Morgan fingerprint density at radius 3 is 2.10 bits per heavy atom. The summed E-state index contributed by atoms with van der Waals surface area (Å²) >= 11 is 0. The smallest absolute Gasteiger partial charge is 0.0402 e. The first-order valence-electron chi connectivity index (χ1n) is 7.98. The zero-order valence-corrected chi connectivity index (χ0v) is 12.5. The van der Waals surface area contributed by atoms with E-state index in [4.69, 9.17) is 0 Å². The molecule has 0 aliphatic carbocycles. The Hall–Kier alpha value is -2.02. The SMILES string of the molecule is C(/Cc1ccccc1)=C(/c1ccccc1)N1CCCCC1. The highest BCUT2D eigenvalue weighted by Crippen LogP contribution is 2.24.